The SMILES string of the molecule is c1ccc(-c2nc(-c3cc(-n4c5ccccc5c5ccccc54)c(-c4ccccc4)c(-n4c5ccccc5c5ccccc54)c3)nc(-c3cccc4ccccc34)n2)cc1. The molecular weight excluding hydrogens is 731 g/mol. The molecule has 0 bridgehead atoms. The third-order valence-corrected chi connectivity index (χ3v) is 11.8. The summed E-state index contributed by atoms with van der Waals surface area (Å²) in [4.78, 5) is 15.9. The van der Waals surface area contributed by atoms with E-state index in [0.717, 1.165) is 72.0 Å². The highest BCUT2D eigenvalue weighted by molar-refractivity contribution is 6.12. The topological polar surface area (TPSA) is 48.5 Å². The van der Waals surface area contributed by atoms with Gasteiger partial charge in [0.15, 0.2) is 17.5 Å². The highest BCUT2D eigenvalue weighted by Crippen LogP contribution is 2.44. The van der Waals surface area contributed by atoms with Crippen LogP contribution in [-0.4, -0.2) is 24.1 Å². The van der Waals surface area contributed by atoms with Gasteiger partial charge in [0.1, 0.15) is 0 Å². The van der Waals surface area contributed by atoms with Gasteiger partial charge in [-0.15, -0.1) is 0 Å². The van der Waals surface area contributed by atoms with E-state index >= 15 is 0 Å². The van der Waals surface area contributed by atoms with Crippen molar-refractivity contribution in [2.75, 3.05) is 0 Å². The largest absolute Gasteiger partial charge is 0.309 e. The monoisotopic (exact) mass is 765 g/mol. The fourth-order valence-electron chi connectivity index (χ4n) is 9.12. The van der Waals surface area contributed by atoms with E-state index in [-0.39, 0.29) is 0 Å². The summed E-state index contributed by atoms with van der Waals surface area (Å²) in [6.45, 7) is 0. The lowest BCUT2D eigenvalue weighted by molar-refractivity contribution is 1.07. The molecule has 5 nitrogen and oxygen atoms in total. The first kappa shape index (κ1) is 33.9. The molecule has 0 amide bonds. The van der Waals surface area contributed by atoms with Gasteiger partial charge in [-0.05, 0) is 52.7 Å². The van der Waals surface area contributed by atoms with Crippen molar-refractivity contribution in [1.29, 1.82) is 0 Å². The van der Waals surface area contributed by atoms with Crippen LogP contribution in [0, 0.1) is 0 Å². The van der Waals surface area contributed by atoms with E-state index in [1.165, 1.54) is 21.5 Å². The molecule has 0 unspecified atom stereocenters. The molecule has 9 aromatic carbocycles. The highest BCUT2D eigenvalue weighted by atomic mass is 15.1. The Hall–Kier alpha value is -8.15. The molecule has 0 N–H and O–H groups in total. The van der Waals surface area contributed by atoms with Crippen molar-refractivity contribution >= 4 is 54.4 Å². The van der Waals surface area contributed by atoms with Crippen molar-refractivity contribution in [3.05, 3.63) is 212 Å². The van der Waals surface area contributed by atoms with E-state index < -0.39 is 0 Å². The van der Waals surface area contributed by atoms with Crippen molar-refractivity contribution < 1.29 is 0 Å². The summed E-state index contributed by atoms with van der Waals surface area (Å²) in [5.74, 6) is 1.84. The minimum atomic E-state index is 0.593. The van der Waals surface area contributed by atoms with Crippen LogP contribution < -0.4 is 0 Å². The predicted molar refractivity (Wildman–Crippen MR) is 248 cm³/mol. The minimum absolute atomic E-state index is 0.593. The summed E-state index contributed by atoms with van der Waals surface area (Å²) >= 11 is 0. The third-order valence-electron chi connectivity index (χ3n) is 11.8. The number of aromatic nitrogens is 5. The standard InChI is InChI=1S/C55H35N5/c1-3-19-37(20-4-1)52-50(59-46-30-13-9-25-41(46)42-26-10-14-31-47(42)59)34-39(35-51(52)60-48-32-15-11-27-43(48)44-28-12-16-33-49(44)60)54-56-53(38-21-5-2-6-22-38)57-55(58-54)45-29-17-23-36-18-7-8-24-40(36)45/h1-35H. The molecule has 0 saturated heterocycles. The molecule has 0 radical (unpaired) electrons. The number of hydrogen-bond acceptors (Lipinski definition) is 3. The Balaban J connectivity index is 1.26. The summed E-state index contributed by atoms with van der Waals surface area (Å²) < 4.78 is 4.86. The lowest BCUT2D eigenvalue weighted by Gasteiger charge is -2.22. The number of para-hydroxylation sites is 4. The molecule has 12 aromatic rings. The molecule has 0 aliphatic carbocycles. The average molecular weight is 766 g/mol. The van der Waals surface area contributed by atoms with E-state index in [1.54, 1.807) is 0 Å². The molecule has 0 atom stereocenters. The molecule has 0 saturated carbocycles. The van der Waals surface area contributed by atoms with Gasteiger partial charge in [0, 0.05) is 43.8 Å². The Morgan fingerprint density at radius 1 is 0.283 bits per heavy atom. The Kier molecular flexibility index (Phi) is 7.78. The predicted octanol–water partition coefficient (Wildman–Crippen LogP) is 13.9. The van der Waals surface area contributed by atoms with Crippen molar-refractivity contribution in [2.24, 2.45) is 0 Å². The molecule has 0 fully saturated rings. The van der Waals surface area contributed by atoms with Crippen LogP contribution in [0.2, 0.25) is 0 Å². The van der Waals surface area contributed by atoms with Gasteiger partial charge in [-0.2, -0.15) is 0 Å². The van der Waals surface area contributed by atoms with E-state index in [9.17, 15) is 0 Å². The lowest BCUT2D eigenvalue weighted by Crippen LogP contribution is -2.06. The molecule has 12 rings (SSSR count). The maximum absolute atomic E-state index is 5.41. The van der Waals surface area contributed by atoms with Gasteiger partial charge in [-0.1, -0.05) is 176 Å². The molecule has 3 heterocycles. The van der Waals surface area contributed by atoms with Crippen LogP contribution in [0.1, 0.15) is 0 Å². The van der Waals surface area contributed by atoms with Crippen LogP contribution in [-0.2, 0) is 0 Å². The zero-order chi connectivity index (χ0) is 39.6. The molecule has 0 aliphatic heterocycles. The zero-order valence-corrected chi connectivity index (χ0v) is 32.4. The van der Waals surface area contributed by atoms with Crippen molar-refractivity contribution in [3.63, 3.8) is 0 Å². The normalized spacial score (nSPS) is 11.7. The van der Waals surface area contributed by atoms with Crippen LogP contribution in [0.3, 0.4) is 0 Å². The van der Waals surface area contributed by atoms with Gasteiger partial charge < -0.3 is 9.13 Å². The number of benzene rings is 9. The first-order chi connectivity index (χ1) is 29.8. The average Bonchev–Trinajstić information content (AvgIpc) is 3.84. The first-order valence-corrected chi connectivity index (χ1v) is 20.3. The molecule has 5 heteroatoms. The zero-order valence-electron chi connectivity index (χ0n) is 32.4. The third kappa shape index (κ3) is 5.37. The molecule has 60 heavy (non-hydrogen) atoms. The van der Waals surface area contributed by atoms with Crippen LogP contribution >= 0.6 is 0 Å². The van der Waals surface area contributed by atoms with E-state index in [0.29, 0.717) is 17.5 Å². The number of nitrogens with zero attached hydrogens (tertiary/aromatic N) is 5. The Bertz CT molecular complexity index is 3350. The van der Waals surface area contributed by atoms with Crippen molar-refractivity contribution in [2.45, 2.75) is 0 Å². The quantitative estimate of drug-likeness (QED) is 0.169. The number of rotatable bonds is 6. The maximum Gasteiger partial charge on any atom is 0.164 e. The first-order valence-electron chi connectivity index (χ1n) is 20.3. The Labute approximate surface area is 346 Å². The summed E-state index contributed by atoms with van der Waals surface area (Å²) in [6.07, 6.45) is 0. The molecule has 0 spiro atoms. The van der Waals surface area contributed by atoms with Crippen LogP contribution in [0.5, 0.6) is 0 Å². The summed E-state index contributed by atoms with van der Waals surface area (Å²) in [7, 11) is 0. The van der Waals surface area contributed by atoms with Gasteiger partial charge in [0.2, 0.25) is 0 Å². The van der Waals surface area contributed by atoms with Gasteiger partial charge in [0.05, 0.1) is 33.4 Å². The van der Waals surface area contributed by atoms with Crippen molar-refractivity contribution in [1.82, 2.24) is 24.1 Å². The maximum atomic E-state index is 5.41. The van der Waals surface area contributed by atoms with Gasteiger partial charge in [-0.25, -0.2) is 15.0 Å². The lowest BCUT2D eigenvalue weighted by atomic mass is 9.97. The number of hydrogen-bond donors (Lipinski definition) is 0. The second-order valence-electron chi connectivity index (χ2n) is 15.2. The van der Waals surface area contributed by atoms with Gasteiger partial charge >= 0.3 is 0 Å². The number of fused-ring (bicyclic) bond motifs is 7. The van der Waals surface area contributed by atoms with Crippen molar-refractivity contribution in [3.8, 4) is 56.7 Å². The highest BCUT2D eigenvalue weighted by Gasteiger charge is 2.25. The second-order valence-corrected chi connectivity index (χ2v) is 15.2. The Morgan fingerprint density at radius 3 is 1.18 bits per heavy atom. The van der Waals surface area contributed by atoms with Crippen LogP contribution in [0.25, 0.3) is 111 Å². The van der Waals surface area contributed by atoms with E-state index in [2.05, 4.69) is 203 Å². The fraction of sp³-hybridized carbons (Fsp3) is 0. The Morgan fingerprint density at radius 2 is 0.667 bits per heavy atom. The summed E-state index contributed by atoms with van der Waals surface area (Å²) in [6, 6.07) is 75.2. The van der Waals surface area contributed by atoms with Gasteiger partial charge in [0.25, 0.3) is 0 Å². The van der Waals surface area contributed by atoms with Crippen LogP contribution in [0.15, 0.2) is 212 Å². The fourth-order valence-corrected chi connectivity index (χ4v) is 9.12. The van der Waals surface area contributed by atoms with Crippen LogP contribution in [0.4, 0.5) is 0 Å². The van der Waals surface area contributed by atoms with Gasteiger partial charge in [-0.3, -0.25) is 0 Å². The molecule has 3 aromatic heterocycles. The van der Waals surface area contributed by atoms with E-state index in [4.69, 9.17) is 15.0 Å². The molecular formula is C55H35N5. The molecule has 280 valence electrons. The minimum Gasteiger partial charge on any atom is -0.309 e. The second kappa shape index (κ2) is 13.8. The smallest absolute Gasteiger partial charge is 0.164 e. The van der Waals surface area contributed by atoms with E-state index in [1.807, 2.05) is 18.2 Å². The summed E-state index contributed by atoms with van der Waals surface area (Å²) in [5, 5.41) is 7.00. The molecule has 0 aliphatic rings. The summed E-state index contributed by atoms with van der Waals surface area (Å²) in [5.41, 5.74) is 11.5.